The smallest absolute Gasteiger partial charge is 0.0221 e. The Bertz CT molecular complexity index is 142. The first-order valence-electron chi connectivity index (χ1n) is 5.32. The van der Waals surface area contributed by atoms with E-state index in [-0.39, 0.29) is 0 Å². The van der Waals surface area contributed by atoms with Crippen molar-refractivity contribution in [3.05, 3.63) is 0 Å². The second-order valence-electron chi connectivity index (χ2n) is 4.32. The zero-order chi connectivity index (χ0) is 8.55. The molecule has 0 aliphatic carbocycles. The largest absolute Gasteiger partial charge is 0.241 e. The Morgan fingerprint density at radius 2 is 1.42 bits per heavy atom. The topological polar surface area (TPSA) is 6.48 Å². The summed E-state index contributed by atoms with van der Waals surface area (Å²) >= 11 is 0. The first-order valence-corrected chi connectivity index (χ1v) is 5.32. The predicted octanol–water partition coefficient (Wildman–Crippen LogP) is 1.87. The van der Waals surface area contributed by atoms with Gasteiger partial charge in [0.15, 0.2) is 0 Å². The summed E-state index contributed by atoms with van der Waals surface area (Å²) in [5, 5.41) is 5.19. The maximum absolute atomic E-state index is 2.62. The van der Waals surface area contributed by atoms with E-state index >= 15 is 0 Å². The molecule has 0 aromatic rings. The van der Waals surface area contributed by atoms with Crippen LogP contribution < -0.4 is 0 Å². The molecule has 2 nitrogen and oxygen atoms in total. The van der Waals surface area contributed by atoms with Crippen LogP contribution in [0.4, 0.5) is 0 Å². The Labute approximate surface area is 75.5 Å². The Hall–Kier alpha value is -0.0800. The van der Waals surface area contributed by atoms with Crippen molar-refractivity contribution in [3.8, 4) is 0 Å². The second kappa shape index (κ2) is 3.35. The molecule has 2 aliphatic rings. The summed E-state index contributed by atoms with van der Waals surface area (Å²) in [5.41, 5.74) is 0. The summed E-state index contributed by atoms with van der Waals surface area (Å²) in [6, 6.07) is 1.58. The van der Waals surface area contributed by atoms with Crippen LogP contribution in [-0.4, -0.2) is 35.2 Å². The third kappa shape index (κ3) is 1.38. The Morgan fingerprint density at radius 1 is 0.917 bits per heavy atom. The van der Waals surface area contributed by atoms with Gasteiger partial charge >= 0.3 is 0 Å². The molecule has 0 aromatic carbocycles. The van der Waals surface area contributed by atoms with Crippen LogP contribution in [0.3, 0.4) is 0 Å². The fraction of sp³-hybridized carbons (Fsp3) is 1.00. The van der Waals surface area contributed by atoms with Crippen molar-refractivity contribution >= 4 is 0 Å². The number of hydrogen-bond donors (Lipinski definition) is 0. The molecule has 0 spiro atoms. The normalized spacial score (nSPS) is 39.5. The van der Waals surface area contributed by atoms with Crippen LogP contribution in [0.15, 0.2) is 0 Å². The molecular formula is C10H20N2. The molecule has 2 heterocycles. The van der Waals surface area contributed by atoms with Gasteiger partial charge in [0.05, 0.1) is 0 Å². The van der Waals surface area contributed by atoms with E-state index in [0.717, 1.165) is 12.1 Å². The maximum atomic E-state index is 2.62. The standard InChI is InChI=1S/C10H20N2/c1-9-5-6-10(2)12(9)11-7-3-4-8-11/h9-10H,3-8H2,1-2H3. The summed E-state index contributed by atoms with van der Waals surface area (Å²) < 4.78 is 0. The monoisotopic (exact) mass is 168 g/mol. The van der Waals surface area contributed by atoms with Gasteiger partial charge in [-0.15, -0.1) is 0 Å². The molecule has 0 bridgehead atoms. The zero-order valence-corrected chi connectivity index (χ0v) is 8.29. The highest BCUT2D eigenvalue weighted by atomic mass is 15.7. The van der Waals surface area contributed by atoms with E-state index in [4.69, 9.17) is 0 Å². The second-order valence-corrected chi connectivity index (χ2v) is 4.32. The van der Waals surface area contributed by atoms with Crippen LogP contribution in [0, 0.1) is 0 Å². The van der Waals surface area contributed by atoms with Crippen LogP contribution in [-0.2, 0) is 0 Å². The molecule has 2 saturated heterocycles. The van der Waals surface area contributed by atoms with E-state index in [1.807, 2.05) is 0 Å². The van der Waals surface area contributed by atoms with E-state index in [1.54, 1.807) is 0 Å². The van der Waals surface area contributed by atoms with Gasteiger partial charge in [0.1, 0.15) is 0 Å². The minimum atomic E-state index is 0.790. The lowest BCUT2D eigenvalue weighted by Crippen LogP contribution is -2.46. The molecule has 2 heteroatoms. The van der Waals surface area contributed by atoms with Crippen molar-refractivity contribution in [1.29, 1.82) is 0 Å². The molecule has 70 valence electrons. The van der Waals surface area contributed by atoms with Gasteiger partial charge in [-0.05, 0) is 39.5 Å². The summed E-state index contributed by atoms with van der Waals surface area (Å²) in [6.07, 6.45) is 5.57. The number of nitrogens with zero attached hydrogens (tertiary/aromatic N) is 2. The molecule has 0 N–H and O–H groups in total. The Kier molecular flexibility index (Phi) is 2.37. The van der Waals surface area contributed by atoms with Gasteiger partial charge in [-0.3, -0.25) is 0 Å². The van der Waals surface area contributed by atoms with Gasteiger partial charge in [-0.2, -0.15) is 0 Å². The third-order valence-electron chi connectivity index (χ3n) is 3.31. The van der Waals surface area contributed by atoms with Gasteiger partial charge in [0, 0.05) is 25.2 Å². The Morgan fingerprint density at radius 3 is 1.92 bits per heavy atom. The highest BCUT2D eigenvalue weighted by Gasteiger charge is 2.32. The number of hydrogen-bond acceptors (Lipinski definition) is 2. The highest BCUT2D eigenvalue weighted by Crippen LogP contribution is 2.27. The van der Waals surface area contributed by atoms with E-state index in [2.05, 4.69) is 23.9 Å². The number of hydrazine groups is 1. The highest BCUT2D eigenvalue weighted by molar-refractivity contribution is 4.82. The van der Waals surface area contributed by atoms with Crippen LogP contribution in [0.25, 0.3) is 0 Å². The summed E-state index contributed by atoms with van der Waals surface area (Å²) in [6.45, 7) is 7.33. The Balaban J connectivity index is 1.99. The van der Waals surface area contributed by atoms with Crippen molar-refractivity contribution in [1.82, 2.24) is 10.0 Å². The first-order chi connectivity index (χ1) is 5.79. The molecule has 0 saturated carbocycles. The average molecular weight is 168 g/mol. The van der Waals surface area contributed by atoms with E-state index < -0.39 is 0 Å². The lowest BCUT2D eigenvalue weighted by atomic mass is 10.2. The first kappa shape index (κ1) is 8.52. The van der Waals surface area contributed by atoms with Crippen LogP contribution in [0.2, 0.25) is 0 Å². The average Bonchev–Trinajstić information content (AvgIpc) is 2.61. The van der Waals surface area contributed by atoms with Crippen LogP contribution in [0.5, 0.6) is 0 Å². The van der Waals surface area contributed by atoms with Crippen molar-refractivity contribution < 1.29 is 0 Å². The van der Waals surface area contributed by atoms with Gasteiger partial charge < -0.3 is 0 Å². The lowest BCUT2D eigenvalue weighted by molar-refractivity contribution is -0.0385. The quantitative estimate of drug-likeness (QED) is 0.590. The van der Waals surface area contributed by atoms with Gasteiger partial charge in [0.25, 0.3) is 0 Å². The molecule has 0 radical (unpaired) electrons. The molecule has 2 fully saturated rings. The molecule has 12 heavy (non-hydrogen) atoms. The lowest BCUT2D eigenvalue weighted by Gasteiger charge is -2.34. The van der Waals surface area contributed by atoms with E-state index in [1.165, 1.54) is 38.8 Å². The zero-order valence-electron chi connectivity index (χ0n) is 8.29. The predicted molar refractivity (Wildman–Crippen MR) is 50.8 cm³/mol. The van der Waals surface area contributed by atoms with E-state index in [0.29, 0.717) is 0 Å². The van der Waals surface area contributed by atoms with Crippen molar-refractivity contribution in [2.24, 2.45) is 0 Å². The molecule has 2 rings (SSSR count). The summed E-state index contributed by atoms with van der Waals surface area (Å²) in [7, 11) is 0. The van der Waals surface area contributed by atoms with Crippen molar-refractivity contribution in [3.63, 3.8) is 0 Å². The minimum Gasteiger partial charge on any atom is -0.241 e. The molecule has 0 aromatic heterocycles. The molecule has 2 unspecified atom stereocenters. The van der Waals surface area contributed by atoms with Gasteiger partial charge in [-0.1, -0.05) is 0 Å². The van der Waals surface area contributed by atoms with Gasteiger partial charge in [0.2, 0.25) is 0 Å². The maximum Gasteiger partial charge on any atom is 0.0221 e. The fourth-order valence-corrected chi connectivity index (χ4v) is 2.67. The van der Waals surface area contributed by atoms with Gasteiger partial charge in [-0.25, -0.2) is 10.0 Å². The fourth-order valence-electron chi connectivity index (χ4n) is 2.67. The van der Waals surface area contributed by atoms with Crippen LogP contribution in [0.1, 0.15) is 39.5 Å². The summed E-state index contributed by atoms with van der Waals surface area (Å²) in [5.74, 6) is 0. The minimum absolute atomic E-state index is 0.790. The van der Waals surface area contributed by atoms with Crippen molar-refractivity contribution in [2.75, 3.05) is 13.1 Å². The molecule has 0 amide bonds. The van der Waals surface area contributed by atoms with E-state index in [9.17, 15) is 0 Å². The molecular weight excluding hydrogens is 148 g/mol. The van der Waals surface area contributed by atoms with Crippen molar-refractivity contribution in [2.45, 2.75) is 51.6 Å². The SMILES string of the molecule is CC1CCC(C)N1N1CCCC1. The third-order valence-corrected chi connectivity index (χ3v) is 3.31. The molecule has 2 atom stereocenters. The molecule has 2 aliphatic heterocycles. The van der Waals surface area contributed by atoms with Crippen LogP contribution >= 0.6 is 0 Å². The summed E-state index contributed by atoms with van der Waals surface area (Å²) in [4.78, 5) is 0. The number of rotatable bonds is 1.